The first-order chi connectivity index (χ1) is 10.7. The van der Waals surface area contributed by atoms with Crippen molar-refractivity contribution in [1.82, 2.24) is 0 Å². The van der Waals surface area contributed by atoms with Gasteiger partial charge in [0.05, 0.1) is 13.2 Å². The molecule has 1 aliphatic heterocycles. The molecule has 0 aromatic carbocycles. The molecule has 0 spiro atoms. The van der Waals surface area contributed by atoms with Crippen LogP contribution in [0.5, 0.6) is 0 Å². The molecule has 1 fully saturated rings. The van der Waals surface area contributed by atoms with E-state index in [9.17, 15) is 35.4 Å². The van der Waals surface area contributed by atoms with Gasteiger partial charge in [-0.25, -0.2) is 0 Å². The summed E-state index contributed by atoms with van der Waals surface area (Å²) in [5.41, 5.74) is 0. The van der Waals surface area contributed by atoms with E-state index in [-0.39, 0.29) is 0 Å². The molecule has 0 radical (unpaired) electrons. The summed E-state index contributed by atoms with van der Waals surface area (Å²) in [7, 11) is 0. The second-order valence-corrected chi connectivity index (χ2v) is 5.22. The highest BCUT2D eigenvalue weighted by molar-refractivity contribution is 5.84. The Morgan fingerprint density at radius 3 is 2.35 bits per heavy atom. The Kier molecular flexibility index (Phi) is 7.41. The Balaban J connectivity index is 2.69. The Hall–Kier alpha value is -0.730. The molecular weight excluding hydrogens is 320 g/mol. The summed E-state index contributed by atoms with van der Waals surface area (Å²) >= 11 is 0. The Bertz CT molecular complexity index is 391. The fourth-order valence-electron chi connectivity index (χ4n) is 1.98. The van der Waals surface area contributed by atoms with E-state index < -0.39 is 74.6 Å². The largest absolute Gasteiger partial charge is 0.394 e. The van der Waals surface area contributed by atoms with E-state index in [1.165, 1.54) is 0 Å². The predicted molar refractivity (Wildman–Crippen MR) is 69.9 cm³/mol. The number of hydrogen-bond donors (Lipinski definition) is 8. The first-order valence-corrected chi connectivity index (χ1v) is 6.81. The van der Waals surface area contributed by atoms with E-state index in [1.54, 1.807) is 0 Å². The van der Waals surface area contributed by atoms with E-state index in [0.717, 1.165) is 0 Å². The summed E-state index contributed by atoms with van der Waals surface area (Å²) in [6, 6.07) is 0. The minimum atomic E-state index is -2.20. The van der Waals surface area contributed by atoms with Gasteiger partial charge in [-0.15, -0.1) is 0 Å². The van der Waals surface area contributed by atoms with Crippen LogP contribution in [-0.4, -0.2) is 115 Å². The predicted octanol–water partition coefficient (Wildman–Crippen LogP) is -5.55. The van der Waals surface area contributed by atoms with Gasteiger partial charge in [-0.05, 0) is 0 Å². The van der Waals surface area contributed by atoms with Gasteiger partial charge in [0.15, 0.2) is 5.78 Å². The van der Waals surface area contributed by atoms with Crippen LogP contribution in [0.25, 0.3) is 0 Å². The van der Waals surface area contributed by atoms with Crippen LogP contribution in [0.4, 0.5) is 0 Å². The van der Waals surface area contributed by atoms with E-state index in [0.29, 0.717) is 0 Å². The molecule has 11 nitrogen and oxygen atoms in total. The highest BCUT2D eigenvalue weighted by atomic mass is 16.7. The molecule has 0 aliphatic carbocycles. The number of Topliss-reactive ketones (excluding diaryl/α,β-unsaturated/α-hetero) is 1. The van der Waals surface area contributed by atoms with Crippen molar-refractivity contribution < 1.29 is 55.1 Å². The van der Waals surface area contributed by atoms with E-state index in [4.69, 9.17) is 19.7 Å². The number of rotatable bonds is 8. The van der Waals surface area contributed by atoms with Gasteiger partial charge in [0.25, 0.3) is 0 Å². The van der Waals surface area contributed by atoms with Crippen molar-refractivity contribution in [1.29, 1.82) is 0 Å². The van der Waals surface area contributed by atoms with Crippen molar-refractivity contribution in [3.63, 3.8) is 0 Å². The molecule has 136 valence electrons. The van der Waals surface area contributed by atoms with Crippen LogP contribution in [0.3, 0.4) is 0 Å². The average molecular weight is 342 g/mol. The maximum atomic E-state index is 11.7. The zero-order chi connectivity index (χ0) is 17.8. The average Bonchev–Trinajstić information content (AvgIpc) is 2.57. The topological polar surface area (TPSA) is 197 Å². The summed E-state index contributed by atoms with van der Waals surface area (Å²) < 4.78 is 9.89. The van der Waals surface area contributed by atoms with E-state index in [2.05, 4.69) is 0 Å². The maximum absolute atomic E-state index is 11.7. The van der Waals surface area contributed by atoms with Crippen LogP contribution < -0.4 is 0 Å². The van der Waals surface area contributed by atoms with Gasteiger partial charge in [0.1, 0.15) is 49.8 Å². The normalized spacial score (nSPS) is 35.6. The molecule has 11 heteroatoms. The number of hydrogen-bond acceptors (Lipinski definition) is 11. The van der Waals surface area contributed by atoms with E-state index in [1.807, 2.05) is 0 Å². The standard InChI is InChI=1S/C12H22O11/c13-1-5(15)8(18)9(19)6(16)2-22-12(4-14)11(21)10(20)7(17)3-23-12/h5,7-11,13-15,17-21H,1-4H2/t5-,7-,8-,9-,10-,11+,12-/m1/s1. The van der Waals surface area contributed by atoms with Gasteiger partial charge in [0.2, 0.25) is 5.79 Å². The summed E-state index contributed by atoms with van der Waals surface area (Å²) in [6.45, 7) is -3.29. The van der Waals surface area contributed by atoms with Crippen LogP contribution in [0.1, 0.15) is 0 Å². The lowest BCUT2D eigenvalue weighted by molar-refractivity contribution is -0.346. The van der Waals surface area contributed by atoms with Gasteiger partial charge in [0, 0.05) is 0 Å². The molecule has 0 amide bonds. The fourth-order valence-corrected chi connectivity index (χ4v) is 1.98. The molecule has 1 heterocycles. The van der Waals surface area contributed by atoms with E-state index >= 15 is 0 Å². The first kappa shape index (κ1) is 20.3. The third-order valence-electron chi connectivity index (χ3n) is 3.58. The minimum absolute atomic E-state index is 0.485. The smallest absolute Gasteiger partial charge is 0.221 e. The van der Waals surface area contributed by atoms with Gasteiger partial charge >= 0.3 is 0 Å². The Morgan fingerprint density at radius 2 is 1.83 bits per heavy atom. The lowest BCUT2D eigenvalue weighted by atomic mass is 9.97. The van der Waals surface area contributed by atoms with Crippen molar-refractivity contribution in [2.24, 2.45) is 0 Å². The molecule has 1 rings (SSSR count). The molecule has 0 aromatic rings. The lowest BCUT2D eigenvalue weighted by Gasteiger charge is -2.43. The maximum Gasteiger partial charge on any atom is 0.221 e. The molecule has 8 N–H and O–H groups in total. The van der Waals surface area contributed by atoms with Crippen LogP contribution >= 0.6 is 0 Å². The molecule has 23 heavy (non-hydrogen) atoms. The molecule has 0 saturated carbocycles. The molecule has 1 saturated heterocycles. The fraction of sp³-hybridized carbons (Fsp3) is 0.917. The van der Waals surface area contributed by atoms with Crippen molar-refractivity contribution in [2.45, 2.75) is 42.4 Å². The quantitative estimate of drug-likeness (QED) is 0.209. The van der Waals surface area contributed by atoms with Crippen molar-refractivity contribution >= 4 is 5.78 Å². The number of aliphatic hydroxyl groups excluding tert-OH is 8. The molecule has 1 aliphatic rings. The highest BCUT2D eigenvalue weighted by Crippen LogP contribution is 2.27. The monoisotopic (exact) mass is 342 g/mol. The Labute approximate surface area is 130 Å². The Morgan fingerprint density at radius 1 is 1.22 bits per heavy atom. The third kappa shape index (κ3) is 4.42. The summed E-state index contributed by atoms with van der Waals surface area (Å²) in [5, 5.41) is 74.8. The summed E-state index contributed by atoms with van der Waals surface area (Å²) in [6.07, 6.45) is -10.8. The number of ether oxygens (including phenoxy) is 2. The lowest BCUT2D eigenvalue weighted by Crippen LogP contribution is -2.64. The number of carbonyl (C=O) groups is 1. The second kappa shape index (κ2) is 8.39. The number of carbonyl (C=O) groups excluding carboxylic acids is 1. The first-order valence-electron chi connectivity index (χ1n) is 6.81. The second-order valence-electron chi connectivity index (χ2n) is 5.22. The summed E-state index contributed by atoms with van der Waals surface area (Å²) in [4.78, 5) is 11.7. The van der Waals surface area contributed by atoms with Crippen LogP contribution in [0.2, 0.25) is 0 Å². The molecular formula is C12H22O11. The number of aliphatic hydroxyl groups is 8. The van der Waals surface area contributed by atoms with Gasteiger partial charge < -0.3 is 50.3 Å². The summed E-state index contributed by atoms with van der Waals surface area (Å²) in [5.74, 6) is -3.33. The number of ketones is 1. The van der Waals surface area contributed by atoms with Crippen LogP contribution in [0, 0.1) is 0 Å². The highest BCUT2D eigenvalue weighted by Gasteiger charge is 2.51. The molecule has 0 unspecified atom stereocenters. The van der Waals surface area contributed by atoms with Crippen molar-refractivity contribution in [3.05, 3.63) is 0 Å². The zero-order valence-electron chi connectivity index (χ0n) is 12.1. The molecule has 0 bridgehead atoms. The van der Waals surface area contributed by atoms with Crippen molar-refractivity contribution in [3.8, 4) is 0 Å². The van der Waals surface area contributed by atoms with Gasteiger partial charge in [-0.2, -0.15) is 0 Å². The SMILES string of the molecule is O=C(CO[C@]1(CO)OC[C@@H](O)[C@@H](O)[C@@H]1O)[C@@H](O)[C@H](O)[C@H](O)CO. The third-order valence-corrected chi connectivity index (χ3v) is 3.58. The van der Waals surface area contributed by atoms with Crippen LogP contribution in [0.15, 0.2) is 0 Å². The van der Waals surface area contributed by atoms with Crippen LogP contribution in [-0.2, 0) is 14.3 Å². The minimum Gasteiger partial charge on any atom is -0.394 e. The van der Waals surface area contributed by atoms with Crippen molar-refractivity contribution in [2.75, 3.05) is 26.4 Å². The van der Waals surface area contributed by atoms with Gasteiger partial charge in [-0.1, -0.05) is 0 Å². The van der Waals surface area contributed by atoms with Gasteiger partial charge in [-0.3, -0.25) is 4.79 Å². The zero-order valence-corrected chi connectivity index (χ0v) is 12.1. The molecule has 7 atom stereocenters. The molecule has 0 aromatic heterocycles.